The summed E-state index contributed by atoms with van der Waals surface area (Å²) >= 11 is 1.49. The fourth-order valence-electron chi connectivity index (χ4n) is 1.83. The van der Waals surface area contributed by atoms with Gasteiger partial charge in [-0.25, -0.2) is 18.5 Å². The third-order valence-electron chi connectivity index (χ3n) is 2.85. The number of nitrogens with two attached hydrogens (primary N) is 2. The molecule has 3 aromatic rings. The summed E-state index contributed by atoms with van der Waals surface area (Å²) in [6, 6.07) is 12.1. The molecule has 0 bridgehead atoms. The highest BCUT2D eigenvalue weighted by Gasteiger charge is 2.11. The van der Waals surface area contributed by atoms with E-state index in [9.17, 15) is 8.42 Å². The second-order valence-electron chi connectivity index (χ2n) is 4.32. The summed E-state index contributed by atoms with van der Waals surface area (Å²) in [6.45, 7) is 0. The summed E-state index contributed by atoms with van der Waals surface area (Å²) in [5, 5.41) is 5.93. The van der Waals surface area contributed by atoms with Gasteiger partial charge in [0.25, 0.3) is 0 Å². The predicted molar refractivity (Wildman–Crippen MR) is 80.8 cm³/mol. The Bertz CT molecular complexity index is 884. The molecule has 0 aliphatic carbocycles. The van der Waals surface area contributed by atoms with E-state index >= 15 is 0 Å². The molecule has 0 fully saturated rings. The number of primary sulfonamides is 1. The standard InChI is InChI=1S/C13H11N3O2S2/c14-9-3-1-8(2-4-9)13-16-11-7-10(20(15,17)18)5-6-12(11)19-13/h1-7H,14H2,(H2,15,17,18). The van der Waals surface area contributed by atoms with Gasteiger partial charge in [0.05, 0.1) is 15.1 Å². The van der Waals surface area contributed by atoms with Crippen molar-refractivity contribution in [2.75, 3.05) is 5.73 Å². The van der Waals surface area contributed by atoms with E-state index in [1.165, 1.54) is 23.5 Å². The number of rotatable bonds is 2. The van der Waals surface area contributed by atoms with Crippen molar-refractivity contribution < 1.29 is 8.42 Å². The van der Waals surface area contributed by atoms with Crippen molar-refractivity contribution in [3.05, 3.63) is 42.5 Å². The van der Waals surface area contributed by atoms with Gasteiger partial charge in [0.1, 0.15) is 5.01 Å². The molecule has 0 atom stereocenters. The molecule has 102 valence electrons. The molecule has 5 nitrogen and oxygen atoms in total. The van der Waals surface area contributed by atoms with E-state index in [4.69, 9.17) is 10.9 Å². The van der Waals surface area contributed by atoms with Crippen LogP contribution in [0.2, 0.25) is 0 Å². The van der Waals surface area contributed by atoms with Crippen LogP contribution in [0.1, 0.15) is 0 Å². The lowest BCUT2D eigenvalue weighted by Crippen LogP contribution is -2.11. The quantitative estimate of drug-likeness (QED) is 0.709. The lowest BCUT2D eigenvalue weighted by atomic mass is 10.2. The van der Waals surface area contributed by atoms with Gasteiger partial charge in [-0.3, -0.25) is 0 Å². The molecule has 0 aliphatic heterocycles. The molecule has 0 aliphatic rings. The number of sulfonamides is 1. The monoisotopic (exact) mass is 305 g/mol. The molecule has 1 heterocycles. The zero-order valence-corrected chi connectivity index (χ0v) is 11.9. The summed E-state index contributed by atoms with van der Waals surface area (Å²) in [7, 11) is -3.71. The van der Waals surface area contributed by atoms with Crippen LogP contribution in [0, 0.1) is 0 Å². The first-order valence-corrected chi connectivity index (χ1v) is 8.09. The van der Waals surface area contributed by atoms with Crippen molar-refractivity contribution in [3.8, 4) is 10.6 Å². The van der Waals surface area contributed by atoms with E-state index < -0.39 is 10.0 Å². The van der Waals surface area contributed by atoms with Crippen LogP contribution >= 0.6 is 11.3 Å². The largest absolute Gasteiger partial charge is 0.399 e. The van der Waals surface area contributed by atoms with E-state index in [2.05, 4.69) is 4.98 Å². The summed E-state index contributed by atoms with van der Waals surface area (Å²) in [5.41, 5.74) is 7.90. The van der Waals surface area contributed by atoms with Gasteiger partial charge < -0.3 is 5.73 Å². The van der Waals surface area contributed by atoms with E-state index in [-0.39, 0.29) is 4.90 Å². The molecule has 0 saturated carbocycles. The molecular formula is C13H11N3O2S2. The van der Waals surface area contributed by atoms with Gasteiger partial charge in [0.15, 0.2) is 0 Å². The normalized spacial score (nSPS) is 11.8. The number of anilines is 1. The molecule has 20 heavy (non-hydrogen) atoms. The van der Waals surface area contributed by atoms with Gasteiger partial charge >= 0.3 is 0 Å². The molecule has 2 aromatic carbocycles. The Hall–Kier alpha value is -1.96. The molecule has 0 spiro atoms. The first-order chi connectivity index (χ1) is 9.43. The zero-order valence-electron chi connectivity index (χ0n) is 10.3. The first-order valence-electron chi connectivity index (χ1n) is 5.73. The Morgan fingerprint density at radius 3 is 2.40 bits per heavy atom. The fourth-order valence-corrected chi connectivity index (χ4v) is 3.32. The average molecular weight is 305 g/mol. The highest BCUT2D eigenvalue weighted by molar-refractivity contribution is 7.89. The van der Waals surface area contributed by atoms with Crippen molar-refractivity contribution >= 4 is 37.3 Å². The van der Waals surface area contributed by atoms with Gasteiger partial charge in [-0.1, -0.05) is 0 Å². The number of thiazole rings is 1. The molecule has 3 rings (SSSR count). The van der Waals surface area contributed by atoms with Crippen LogP contribution in [0.25, 0.3) is 20.8 Å². The van der Waals surface area contributed by atoms with E-state index in [0.29, 0.717) is 11.2 Å². The van der Waals surface area contributed by atoms with Crippen molar-refractivity contribution in [1.82, 2.24) is 4.98 Å². The average Bonchev–Trinajstić information content (AvgIpc) is 2.81. The number of fused-ring (bicyclic) bond motifs is 1. The maximum atomic E-state index is 11.3. The Kier molecular flexibility index (Phi) is 2.97. The number of nitrogens with zero attached hydrogens (tertiary/aromatic N) is 1. The summed E-state index contributed by atoms with van der Waals surface area (Å²) in [5.74, 6) is 0. The van der Waals surface area contributed by atoms with Crippen LogP contribution in [0.3, 0.4) is 0 Å². The molecule has 0 unspecified atom stereocenters. The van der Waals surface area contributed by atoms with Crippen molar-refractivity contribution in [2.24, 2.45) is 5.14 Å². The van der Waals surface area contributed by atoms with Crippen LogP contribution in [0.5, 0.6) is 0 Å². The highest BCUT2D eigenvalue weighted by atomic mass is 32.2. The third-order valence-corrected chi connectivity index (χ3v) is 4.84. The van der Waals surface area contributed by atoms with Gasteiger partial charge in [0, 0.05) is 11.3 Å². The smallest absolute Gasteiger partial charge is 0.238 e. The summed E-state index contributed by atoms with van der Waals surface area (Å²) < 4.78 is 23.6. The number of aromatic nitrogens is 1. The van der Waals surface area contributed by atoms with Crippen LogP contribution in [0.15, 0.2) is 47.4 Å². The maximum Gasteiger partial charge on any atom is 0.238 e. The van der Waals surface area contributed by atoms with E-state index in [1.54, 1.807) is 18.2 Å². The van der Waals surface area contributed by atoms with Gasteiger partial charge in [-0.2, -0.15) is 0 Å². The second kappa shape index (κ2) is 4.55. The second-order valence-corrected chi connectivity index (χ2v) is 6.91. The lowest BCUT2D eigenvalue weighted by molar-refractivity contribution is 0.598. The van der Waals surface area contributed by atoms with Crippen molar-refractivity contribution in [3.63, 3.8) is 0 Å². The summed E-state index contributed by atoms with van der Waals surface area (Å²) in [6.07, 6.45) is 0. The minimum Gasteiger partial charge on any atom is -0.399 e. The maximum absolute atomic E-state index is 11.3. The number of nitrogen functional groups attached to an aromatic ring is 1. The topological polar surface area (TPSA) is 99.1 Å². The molecule has 7 heteroatoms. The van der Waals surface area contributed by atoms with E-state index in [0.717, 1.165) is 15.3 Å². The molecule has 1 aromatic heterocycles. The Labute approximate surface area is 119 Å². The van der Waals surface area contributed by atoms with Gasteiger partial charge in [-0.15, -0.1) is 11.3 Å². The van der Waals surface area contributed by atoms with Crippen LogP contribution in [-0.2, 0) is 10.0 Å². The van der Waals surface area contributed by atoms with Crippen LogP contribution in [0.4, 0.5) is 5.69 Å². The van der Waals surface area contributed by atoms with Crippen molar-refractivity contribution in [2.45, 2.75) is 4.90 Å². The molecular weight excluding hydrogens is 294 g/mol. The number of hydrogen-bond donors (Lipinski definition) is 2. The predicted octanol–water partition coefficient (Wildman–Crippen LogP) is 2.19. The number of benzene rings is 2. The molecule has 4 N–H and O–H groups in total. The highest BCUT2D eigenvalue weighted by Crippen LogP contribution is 2.31. The first kappa shape index (κ1) is 13.0. The zero-order chi connectivity index (χ0) is 14.3. The van der Waals surface area contributed by atoms with Gasteiger partial charge in [0.2, 0.25) is 10.0 Å². The molecule has 0 radical (unpaired) electrons. The minimum atomic E-state index is -3.71. The summed E-state index contributed by atoms with van der Waals surface area (Å²) in [4.78, 5) is 4.51. The Balaban J connectivity index is 2.13. The Morgan fingerprint density at radius 2 is 1.75 bits per heavy atom. The minimum absolute atomic E-state index is 0.0687. The van der Waals surface area contributed by atoms with E-state index in [1.807, 2.05) is 12.1 Å². The van der Waals surface area contributed by atoms with Gasteiger partial charge in [-0.05, 0) is 42.5 Å². The number of hydrogen-bond acceptors (Lipinski definition) is 5. The molecule has 0 amide bonds. The third kappa shape index (κ3) is 2.38. The SMILES string of the molecule is Nc1ccc(-c2nc3cc(S(N)(=O)=O)ccc3s2)cc1. The van der Waals surface area contributed by atoms with Crippen LogP contribution < -0.4 is 10.9 Å². The molecule has 0 saturated heterocycles. The fraction of sp³-hybridized carbons (Fsp3) is 0. The van der Waals surface area contributed by atoms with Crippen molar-refractivity contribution in [1.29, 1.82) is 0 Å². The van der Waals surface area contributed by atoms with Crippen LogP contribution in [-0.4, -0.2) is 13.4 Å². The Morgan fingerprint density at radius 1 is 1.05 bits per heavy atom. The lowest BCUT2D eigenvalue weighted by Gasteiger charge is -1.96.